The van der Waals surface area contributed by atoms with Gasteiger partial charge in [-0.2, -0.15) is 0 Å². The first-order chi connectivity index (χ1) is 22.1. The van der Waals surface area contributed by atoms with E-state index in [2.05, 4.69) is 61.8 Å². The van der Waals surface area contributed by atoms with Crippen molar-refractivity contribution in [2.24, 2.45) is 0 Å². The van der Waals surface area contributed by atoms with Crippen molar-refractivity contribution < 1.29 is 18.3 Å². The number of amides is 1. The van der Waals surface area contributed by atoms with Gasteiger partial charge >= 0.3 is 0 Å². The van der Waals surface area contributed by atoms with Crippen LogP contribution in [0.1, 0.15) is 97.6 Å². The first-order valence-electron chi connectivity index (χ1n) is 16.9. The van der Waals surface area contributed by atoms with Gasteiger partial charge in [-0.05, 0) is 106 Å². The van der Waals surface area contributed by atoms with Gasteiger partial charge in [-0.25, -0.2) is 8.78 Å². The average molecular weight is 636 g/mol. The monoisotopic (exact) mass is 635 g/mol. The summed E-state index contributed by atoms with van der Waals surface area (Å²) in [5.74, 6) is -0.0305. The molecule has 0 radical (unpaired) electrons. The summed E-state index contributed by atoms with van der Waals surface area (Å²) in [6, 6.07) is 14.0. The van der Waals surface area contributed by atoms with Crippen molar-refractivity contribution in [1.82, 2.24) is 10.2 Å². The van der Waals surface area contributed by atoms with Crippen molar-refractivity contribution in [3.8, 4) is 5.75 Å². The lowest BCUT2D eigenvalue weighted by molar-refractivity contribution is -0.118. The number of hydrogen-bond acceptors (Lipinski definition) is 4. The van der Waals surface area contributed by atoms with Crippen LogP contribution < -0.4 is 15.0 Å². The molecule has 1 aliphatic rings. The average Bonchev–Trinajstić information content (AvgIpc) is 3.05. The van der Waals surface area contributed by atoms with Crippen LogP contribution in [0.2, 0.25) is 0 Å². The number of carbonyl (C=O) groups is 1. The zero-order valence-corrected chi connectivity index (χ0v) is 29.1. The molecule has 0 bridgehead atoms. The number of halogens is 2. The molecule has 2 aromatic rings. The Morgan fingerprint density at radius 2 is 1.74 bits per heavy atom. The predicted octanol–water partition coefficient (Wildman–Crippen LogP) is 10.3. The van der Waals surface area contributed by atoms with E-state index in [0.717, 1.165) is 37.3 Å². The quantitative estimate of drug-likeness (QED) is 0.147. The molecule has 1 aliphatic heterocycles. The van der Waals surface area contributed by atoms with Crippen LogP contribution in [0.15, 0.2) is 90.2 Å². The molecular formula is C39H55F2N3O2. The highest BCUT2D eigenvalue weighted by molar-refractivity contribution is 5.94. The minimum absolute atomic E-state index is 0.205. The Morgan fingerprint density at radius 3 is 2.30 bits per heavy atom. The molecule has 0 aliphatic carbocycles. The second-order valence-electron chi connectivity index (χ2n) is 11.6. The number of hydrogen-bond donors (Lipinski definition) is 1. The molecule has 7 heteroatoms. The van der Waals surface area contributed by atoms with Gasteiger partial charge in [0.1, 0.15) is 23.1 Å². The molecule has 1 N–H and O–H groups in total. The van der Waals surface area contributed by atoms with Crippen LogP contribution in [0.3, 0.4) is 0 Å². The summed E-state index contributed by atoms with van der Waals surface area (Å²) in [6.45, 7) is 20.5. The number of nitrogens with one attached hydrogen (secondary N) is 1. The Morgan fingerprint density at radius 1 is 1.02 bits per heavy atom. The third-order valence-corrected chi connectivity index (χ3v) is 8.06. The second kappa shape index (κ2) is 20.3. The summed E-state index contributed by atoms with van der Waals surface area (Å²) in [4.78, 5) is 17.1. The van der Waals surface area contributed by atoms with Gasteiger partial charge in [0.25, 0.3) is 5.91 Å². The molecule has 5 nitrogen and oxygen atoms in total. The lowest BCUT2D eigenvalue weighted by Crippen LogP contribution is -2.33. The van der Waals surface area contributed by atoms with Gasteiger partial charge in [0.05, 0.1) is 6.61 Å². The largest absolute Gasteiger partial charge is 0.494 e. The highest BCUT2D eigenvalue weighted by Gasteiger charge is 2.23. The molecule has 2 aromatic carbocycles. The molecule has 0 saturated carbocycles. The van der Waals surface area contributed by atoms with Gasteiger partial charge in [0.15, 0.2) is 0 Å². The predicted molar refractivity (Wildman–Crippen MR) is 189 cm³/mol. The SMILES string of the molecule is C=C1C=C(F)C=CN1/C(C(=O)NCc1ccc(C)c(F)c1)=C(/CC)CCC.CCCCCN(c1ccc(OCC)cc1)[C@@H](C)CC. The molecule has 0 fully saturated rings. The van der Waals surface area contributed by atoms with Gasteiger partial charge < -0.3 is 19.9 Å². The number of carbonyl (C=O) groups excluding carboxylic acids is 1. The lowest BCUT2D eigenvalue weighted by Gasteiger charge is -2.31. The maximum Gasteiger partial charge on any atom is 0.268 e. The molecule has 1 amide bonds. The fraction of sp³-hybridized carbons (Fsp3) is 0.462. The zero-order chi connectivity index (χ0) is 34.1. The number of unbranched alkanes of at least 4 members (excludes halogenated alkanes) is 2. The number of rotatable bonds is 16. The highest BCUT2D eigenvalue weighted by Crippen LogP contribution is 2.27. The van der Waals surface area contributed by atoms with E-state index in [1.807, 2.05) is 20.8 Å². The smallest absolute Gasteiger partial charge is 0.268 e. The maximum atomic E-state index is 13.7. The number of nitrogens with zero attached hydrogens (tertiary/aromatic N) is 2. The van der Waals surface area contributed by atoms with Crippen LogP contribution in [-0.4, -0.2) is 30.0 Å². The molecule has 46 heavy (non-hydrogen) atoms. The molecule has 0 unspecified atom stereocenters. The summed E-state index contributed by atoms with van der Waals surface area (Å²) < 4.78 is 32.7. The van der Waals surface area contributed by atoms with Crippen molar-refractivity contribution in [3.63, 3.8) is 0 Å². The molecule has 1 heterocycles. The van der Waals surface area contributed by atoms with Gasteiger partial charge in [-0.3, -0.25) is 4.79 Å². The summed E-state index contributed by atoms with van der Waals surface area (Å²) in [5, 5.41) is 2.85. The van der Waals surface area contributed by atoms with Crippen molar-refractivity contribution in [3.05, 3.63) is 107 Å². The Hall–Kier alpha value is -3.87. The molecule has 3 rings (SSSR count). The fourth-order valence-corrected chi connectivity index (χ4v) is 5.21. The second-order valence-corrected chi connectivity index (χ2v) is 11.6. The first kappa shape index (κ1) is 38.3. The summed E-state index contributed by atoms with van der Waals surface area (Å²) in [5.41, 5.74) is 4.37. The van der Waals surface area contributed by atoms with E-state index >= 15 is 0 Å². The summed E-state index contributed by atoms with van der Waals surface area (Å²) >= 11 is 0. The van der Waals surface area contributed by atoms with Crippen molar-refractivity contribution in [1.29, 1.82) is 0 Å². The molecular weight excluding hydrogens is 580 g/mol. The van der Waals surface area contributed by atoms with Crippen molar-refractivity contribution >= 4 is 11.6 Å². The summed E-state index contributed by atoms with van der Waals surface area (Å²) in [6.07, 6.45) is 11.5. The zero-order valence-electron chi connectivity index (χ0n) is 29.1. The lowest BCUT2D eigenvalue weighted by atomic mass is 10.0. The number of ether oxygens (including phenoxy) is 1. The normalized spacial score (nSPS) is 13.7. The van der Waals surface area contributed by atoms with E-state index in [1.54, 1.807) is 24.0 Å². The summed E-state index contributed by atoms with van der Waals surface area (Å²) in [7, 11) is 0. The van der Waals surface area contributed by atoms with Gasteiger partial charge in [-0.15, -0.1) is 0 Å². The van der Waals surface area contributed by atoms with Crippen LogP contribution in [0, 0.1) is 12.7 Å². The van der Waals surface area contributed by atoms with E-state index in [4.69, 9.17) is 4.74 Å². The van der Waals surface area contributed by atoms with E-state index in [9.17, 15) is 13.6 Å². The highest BCUT2D eigenvalue weighted by atomic mass is 19.1. The van der Waals surface area contributed by atoms with Crippen molar-refractivity contribution in [2.75, 3.05) is 18.1 Å². The van der Waals surface area contributed by atoms with Gasteiger partial charge in [0.2, 0.25) is 0 Å². The number of benzene rings is 2. The van der Waals surface area contributed by atoms with E-state index in [1.165, 1.54) is 55.8 Å². The first-order valence-corrected chi connectivity index (χ1v) is 16.9. The third-order valence-electron chi connectivity index (χ3n) is 8.06. The Kier molecular flexibility index (Phi) is 16.9. The minimum atomic E-state index is -0.403. The molecule has 0 aromatic heterocycles. The Labute approximate surface area is 276 Å². The standard InChI is InChI=1S/C22H26F2N2O.C17H29NO/c1-5-7-18(6-2)21(26-11-10-19(23)12-16(26)4)22(27)25-14-17-9-8-15(3)20(24)13-17;1-5-8-9-14-18(15(4)6-2)16-10-12-17(13-11-16)19-7-3/h8-13H,4-7,14H2,1-3H3,(H,25,27);10-13,15H,5-9,14H2,1-4H3/b21-18-;/t;15-/m.0/s1. The fourth-order valence-electron chi connectivity index (χ4n) is 5.21. The molecule has 1 atom stereocenters. The molecule has 0 saturated heterocycles. The number of aryl methyl sites for hydroxylation is 1. The maximum absolute atomic E-state index is 13.7. The Bertz CT molecular complexity index is 1350. The number of allylic oxidation sites excluding steroid dienone is 4. The van der Waals surface area contributed by atoms with Crippen LogP contribution in [0.25, 0.3) is 0 Å². The van der Waals surface area contributed by atoms with Crippen LogP contribution in [-0.2, 0) is 11.3 Å². The van der Waals surface area contributed by atoms with Gasteiger partial charge in [-0.1, -0.05) is 65.7 Å². The van der Waals surface area contributed by atoms with E-state index in [-0.39, 0.29) is 18.3 Å². The van der Waals surface area contributed by atoms with Gasteiger partial charge in [0, 0.05) is 36.7 Å². The van der Waals surface area contributed by atoms with Crippen LogP contribution in [0.4, 0.5) is 14.5 Å². The van der Waals surface area contributed by atoms with Crippen LogP contribution >= 0.6 is 0 Å². The van der Waals surface area contributed by atoms with E-state index in [0.29, 0.717) is 35.0 Å². The minimum Gasteiger partial charge on any atom is -0.494 e. The topological polar surface area (TPSA) is 44.8 Å². The Balaban J connectivity index is 0.000000341. The molecule has 252 valence electrons. The van der Waals surface area contributed by atoms with Crippen LogP contribution in [0.5, 0.6) is 5.75 Å². The molecule has 0 spiro atoms. The van der Waals surface area contributed by atoms with E-state index < -0.39 is 5.83 Å². The van der Waals surface area contributed by atoms with Crippen molar-refractivity contribution in [2.45, 2.75) is 106 Å². The third kappa shape index (κ3) is 11.8. The number of anilines is 1.